The number of rotatable bonds is 4. The van der Waals surface area contributed by atoms with Crippen LogP contribution >= 0.6 is 15.9 Å². The lowest BCUT2D eigenvalue weighted by Crippen LogP contribution is -2.39. The Morgan fingerprint density at radius 1 is 1.28 bits per heavy atom. The molecular formula is C14H18BrF2N. The molecule has 1 saturated heterocycles. The van der Waals surface area contributed by atoms with Gasteiger partial charge in [0.15, 0.2) is 0 Å². The Labute approximate surface area is 115 Å². The first-order valence-electron chi connectivity index (χ1n) is 6.44. The number of benzene rings is 1. The fourth-order valence-corrected chi connectivity index (χ4v) is 3.13. The van der Waals surface area contributed by atoms with Gasteiger partial charge in [0.2, 0.25) is 0 Å². The van der Waals surface area contributed by atoms with Crippen LogP contribution in [-0.4, -0.2) is 22.8 Å². The minimum Gasteiger partial charge on any atom is -0.296 e. The van der Waals surface area contributed by atoms with Crippen LogP contribution in [0.3, 0.4) is 0 Å². The van der Waals surface area contributed by atoms with Gasteiger partial charge in [-0.05, 0) is 44.0 Å². The summed E-state index contributed by atoms with van der Waals surface area (Å²) in [5, 5.41) is 0.958. The number of piperidine rings is 1. The molecule has 1 aliphatic rings. The summed E-state index contributed by atoms with van der Waals surface area (Å²) < 4.78 is 26.8. The van der Waals surface area contributed by atoms with Crippen molar-refractivity contribution in [3.05, 3.63) is 35.4 Å². The summed E-state index contributed by atoms with van der Waals surface area (Å²) >= 11 is 3.46. The van der Waals surface area contributed by atoms with Gasteiger partial charge < -0.3 is 0 Å². The van der Waals surface area contributed by atoms with Crippen molar-refractivity contribution in [3.63, 3.8) is 0 Å². The van der Waals surface area contributed by atoms with Crippen LogP contribution < -0.4 is 0 Å². The van der Waals surface area contributed by atoms with Crippen molar-refractivity contribution in [2.75, 3.05) is 11.9 Å². The minimum atomic E-state index is -0.361. The predicted molar refractivity (Wildman–Crippen MR) is 72.8 cm³/mol. The lowest BCUT2D eigenvalue weighted by atomic mass is 9.99. The highest BCUT2D eigenvalue weighted by atomic mass is 79.9. The van der Waals surface area contributed by atoms with Gasteiger partial charge in [-0.3, -0.25) is 4.90 Å². The molecule has 0 N–H and O–H groups in total. The normalized spacial score (nSPS) is 21.2. The number of hydrogen-bond acceptors (Lipinski definition) is 1. The van der Waals surface area contributed by atoms with E-state index in [-0.39, 0.29) is 11.6 Å². The molecule has 18 heavy (non-hydrogen) atoms. The Morgan fingerprint density at radius 3 is 2.89 bits per heavy atom. The fraction of sp³-hybridized carbons (Fsp3) is 0.571. The fourth-order valence-electron chi connectivity index (χ4n) is 2.60. The van der Waals surface area contributed by atoms with E-state index in [0.717, 1.165) is 31.1 Å². The van der Waals surface area contributed by atoms with E-state index in [1.165, 1.54) is 24.6 Å². The summed E-state index contributed by atoms with van der Waals surface area (Å²) in [6.45, 7) is 1.49. The van der Waals surface area contributed by atoms with Crippen LogP contribution in [0.5, 0.6) is 0 Å². The third-order valence-corrected chi connectivity index (χ3v) is 4.03. The van der Waals surface area contributed by atoms with E-state index in [1.54, 1.807) is 0 Å². The number of nitrogens with zero attached hydrogens (tertiary/aromatic N) is 1. The summed E-state index contributed by atoms with van der Waals surface area (Å²) in [6.07, 6.45) is 4.61. The smallest absolute Gasteiger partial charge is 0.127 e. The first-order chi connectivity index (χ1) is 8.70. The third kappa shape index (κ3) is 3.51. The van der Waals surface area contributed by atoms with Gasteiger partial charge in [-0.2, -0.15) is 0 Å². The largest absolute Gasteiger partial charge is 0.296 e. The second kappa shape index (κ2) is 6.62. The molecule has 1 fully saturated rings. The minimum absolute atomic E-state index is 0.306. The van der Waals surface area contributed by atoms with Gasteiger partial charge in [-0.1, -0.05) is 22.4 Å². The molecular weight excluding hydrogens is 300 g/mol. The first kappa shape index (κ1) is 13.9. The maximum Gasteiger partial charge on any atom is 0.127 e. The van der Waals surface area contributed by atoms with Crippen molar-refractivity contribution in [2.45, 2.75) is 38.3 Å². The summed E-state index contributed by atoms with van der Waals surface area (Å²) in [7, 11) is 0. The Bertz CT molecular complexity index is 395. The second-order valence-corrected chi connectivity index (χ2v) is 5.63. The zero-order valence-electron chi connectivity index (χ0n) is 10.3. The summed E-state index contributed by atoms with van der Waals surface area (Å²) in [6, 6.07) is 4.19. The molecule has 0 bridgehead atoms. The number of halogens is 3. The molecule has 1 aromatic carbocycles. The van der Waals surface area contributed by atoms with Gasteiger partial charge in [0, 0.05) is 23.5 Å². The molecule has 0 amide bonds. The number of likely N-dealkylation sites (tertiary alicyclic amines) is 1. The molecule has 0 radical (unpaired) electrons. The first-order valence-corrected chi connectivity index (χ1v) is 7.57. The summed E-state index contributed by atoms with van der Waals surface area (Å²) in [5.41, 5.74) is 0.469. The lowest BCUT2D eigenvalue weighted by molar-refractivity contribution is 0.135. The molecule has 1 nitrogen and oxygen atoms in total. The highest BCUT2D eigenvalue weighted by Crippen LogP contribution is 2.23. The van der Waals surface area contributed by atoms with E-state index < -0.39 is 0 Å². The molecule has 1 aliphatic heterocycles. The monoisotopic (exact) mass is 317 g/mol. The van der Waals surface area contributed by atoms with Crippen molar-refractivity contribution in [3.8, 4) is 0 Å². The second-order valence-electron chi connectivity index (χ2n) is 4.83. The average Bonchev–Trinajstić information content (AvgIpc) is 2.36. The topological polar surface area (TPSA) is 3.24 Å². The summed E-state index contributed by atoms with van der Waals surface area (Å²) in [4.78, 5) is 2.28. The van der Waals surface area contributed by atoms with Crippen LogP contribution in [0.2, 0.25) is 0 Å². The molecule has 1 atom stereocenters. The Hall–Kier alpha value is -0.480. The standard InChI is InChI=1S/C14H18BrF2N/c15-7-6-13-3-1-2-8-18(13)10-11-9-12(16)4-5-14(11)17/h4-5,9,13H,1-3,6-8,10H2. The number of hydrogen-bond donors (Lipinski definition) is 0. The highest BCUT2D eigenvalue weighted by molar-refractivity contribution is 9.09. The molecule has 1 heterocycles. The molecule has 0 aliphatic carbocycles. The van der Waals surface area contributed by atoms with E-state index in [2.05, 4.69) is 20.8 Å². The third-order valence-electron chi connectivity index (χ3n) is 3.57. The van der Waals surface area contributed by atoms with Crippen molar-refractivity contribution < 1.29 is 8.78 Å². The molecule has 100 valence electrons. The van der Waals surface area contributed by atoms with Crippen LogP contribution in [0.15, 0.2) is 18.2 Å². The maximum absolute atomic E-state index is 13.6. The molecule has 1 aromatic rings. The lowest BCUT2D eigenvalue weighted by Gasteiger charge is -2.35. The van der Waals surface area contributed by atoms with Crippen LogP contribution in [0.25, 0.3) is 0 Å². The molecule has 4 heteroatoms. The van der Waals surface area contributed by atoms with Crippen LogP contribution in [0.1, 0.15) is 31.2 Å². The summed E-state index contributed by atoms with van der Waals surface area (Å²) in [5.74, 6) is -0.667. The van der Waals surface area contributed by atoms with Gasteiger partial charge in [0.25, 0.3) is 0 Å². The molecule has 2 rings (SSSR count). The molecule has 0 saturated carbocycles. The highest BCUT2D eigenvalue weighted by Gasteiger charge is 2.22. The van der Waals surface area contributed by atoms with Gasteiger partial charge >= 0.3 is 0 Å². The van der Waals surface area contributed by atoms with E-state index in [9.17, 15) is 8.78 Å². The number of alkyl halides is 1. The van der Waals surface area contributed by atoms with Crippen molar-refractivity contribution in [2.24, 2.45) is 0 Å². The predicted octanol–water partition coefficient (Wildman–Crippen LogP) is 4.10. The Kier molecular flexibility index (Phi) is 5.13. The average molecular weight is 318 g/mol. The van der Waals surface area contributed by atoms with E-state index >= 15 is 0 Å². The van der Waals surface area contributed by atoms with Gasteiger partial charge in [-0.25, -0.2) is 8.78 Å². The SMILES string of the molecule is Fc1ccc(F)c(CN2CCCCC2CCBr)c1. The van der Waals surface area contributed by atoms with Gasteiger partial charge in [0.1, 0.15) is 11.6 Å². The zero-order chi connectivity index (χ0) is 13.0. The quantitative estimate of drug-likeness (QED) is 0.756. The van der Waals surface area contributed by atoms with Crippen LogP contribution in [-0.2, 0) is 6.54 Å². The molecule has 1 unspecified atom stereocenters. The van der Waals surface area contributed by atoms with Crippen LogP contribution in [0.4, 0.5) is 8.78 Å². The van der Waals surface area contributed by atoms with Crippen molar-refractivity contribution in [1.29, 1.82) is 0 Å². The maximum atomic E-state index is 13.6. The Balaban J connectivity index is 2.08. The van der Waals surface area contributed by atoms with Gasteiger partial charge in [0.05, 0.1) is 0 Å². The molecule has 0 aromatic heterocycles. The van der Waals surface area contributed by atoms with Gasteiger partial charge in [-0.15, -0.1) is 0 Å². The van der Waals surface area contributed by atoms with Crippen LogP contribution in [0, 0.1) is 11.6 Å². The van der Waals surface area contributed by atoms with Crippen molar-refractivity contribution in [1.82, 2.24) is 4.90 Å². The van der Waals surface area contributed by atoms with E-state index in [0.29, 0.717) is 18.2 Å². The zero-order valence-corrected chi connectivity index (χ0v) is 11.9. The van der Waals surface area contributed by atoms with E-state index in [1.807, 2.05) is 0 Å². The van der Waals surface area contributed by atoms with Crippen molar-refractivity contribution >= 4 is 15.9 Å². The molecule has 0 spiro atoms. The van der Waals surface area contributed by atoms with E-state index in [4.69, 9.17) is 0 Å². The Morgan fingerprint density at radius 2 is 2.11 bits per heavy atom.